The topological polar surface area (TPSA) is 46.2 Å². The molecule has 2 rings (SSSR count). The number of hydrogen-bond acceptors (Lipinski definition) is 2. The molecule has 1 saturated carbocycles. The second kappa shape index (κ2) is 4.88. The third-order valence-electron chi connectivity index (χ3n) is 3.67. The van der Waals surface area contributed by atoms with E-state index in [0.717, 1.165) is 16.7 Å². The van der Waals surface area contributed by atoms with E-state index in [1.54, 1.807) is 0 Å². The molecule has 0 aromatic heterocycles. The van der Waals surface area contributed by atoms with Gasteiger partial charge >= 0.3 is 0 Å². The zero-order valence-corrected chi connectivity index (χ0v) is 10.00. The van der Waals surface area contributed by atoms with Gasteiger partial charge in [-0.25, -0.2) is 0 Å². The number of rotatable bonds is 2. The molecule has 0 bridgehead atoms. The number of benzene rings is 1. The van der Waals surface area contributed by atoms with E-state index in [2.05, 4.69) is 6.07 Å². The highest BCUT2D eigenvalue weighted by Crippen LogP contribution is 2.38. The highest BCUT2D eigenvalue weighted by Gasteiger charge is 2.19. The van der Waals surface area contributed by atoms with Crippen molar-refractivity contribution in [3.8, 4) is 5.75 Å². The Morgan fingerprint density at radius 3 is 2.56 bits per heavy atom. The lowest BCUT2D eigenvalue weighted by Gasteiger charge is -2.24. The number of phenolic OH excluding ortho intramolecular Hbond substituents is 1. The lowest BCUT2D eigenvalue weighted by Crippen LogP contribution is -2.07. The maximum Gasteiger partial charge on any atom is 0.121 e. The Hall–Kier alpha value is -1.02. The van der Waals surface area contributed by atoms with Gasteiger partial charge in [0, 0.05) is 6.54 Å². The number of aromatic hydroxyl groups is 1. The minimum Gasteiger partial charge on any atom is -0.507 e. The van der Waals surface area contributed by atoms with Gasteiger partial charge in [0.05, 0.1) is 0 Å². The first-order valence-electron chi connectivity index (χ1n) is 6.25. The van der Waals surface area contributed by atoms with Crippen molar-refractivity contribution >= 4 is 0 Å². The molecule has 0 amide bonds. The predicted octanol–water partition coefficient (Wildman–Crippen LogP) is 3.21. The van der Waals surface area contributed by atoms with Crippen LogP contribution in [-0.2, 0) is 6.54 Å². The molecule has 1 aliphatic rings. The number of aryl methyl sites for hydroxylation is 1. The molecule has 0 heterocycles. The number of hydrogen-bond donors (Lipinski definition) is 2. The molecule has 1 aromatic rings. The van der Waals surface area contributed by atoms with Gasteiger partial charge in [0.1, 0.15) is 5.75 Å². The largest absolute Gasteiger partial charge is 0.507 e. The molecule has 0 saturated heterocycles. The summed E-state index contributed by atoms with van der Waals surface area (Å²) in [5.41, 5.74) is 8.91. The van der Waals surface area contributed by atoms with Crippen LogP contribution in [0.4, 0.5) is 0 Å². The Morgan fingerprint density at radius 1 is 1.25 bits per heavy atom. The molecule has 2 nitrogen and oxygen atoms in total. The van der Waals surface area contributed by atoms with Gasteiger partial charge in [0.25, 0.3) is 0 Å². The first-order valence-corrected chi connectivity index (χ1v) is 6.25. The average Bonchev–Trinajstić information content (AvgIpc) is 2.33. The highest BCUT2D eigenvalue weighted by molar-refractivity contribution is 5.45. The van der Waals surface area contributed by atoms with Crippen molar-refractivity contribution in [3.05, 3.63) is 28.8 Å². The van der Waals surface area contributed by atoms with E-state index < -0.39 is 0 Å². The van der Waals surface area contributed by atoms with Gasteiger partial charge in [-0.05, 0) is 42.4 Å². The molecular weight excluding hydrogens is 198 g/mol. The van der Waals surface area contributed by atoms with Crippen LogP contribution >= 0.6 is 0 Å². The standard InChI is InChI=1S/C14H21NO/c1-10-7-11(9-15)8-13(14(10)16)12-5-3-2-4-6-12/h7-8,12,16H,2-6,9,15H2,1H3. The molecule has 0 spiro atoms. The summed E-state index contributed by atoms with van der Waals surface area (Å²) in [7, 11) is 0. The third kappa shape index (κ3) is 2.22. The molecule has 3 N–H and O–H groups in total. The number of nitrogens with two attached hydrogens (primary N) is 1. The maximum atomic E-state index is 10.1. The summed E-state index contributed by atoms with van der Waals surface area (Å²) >= 11 is 0. The second-order valence-corrected chi connectivity index (χ2v) is 4.89. The van der Waals surface area contributed by atoms with E-state index in [1.807, 2.05) is 13.0 Å². The van der Waals surface area contributed by atoms with Gasteiger partial charge in [-0.3, -0.25) is 0 Å². The van der Waals surface area contributed by atoms with Crippen molar-refractivity contribution in [1.82, 2.24) is 0 Å². The summed E-state index contributed by atoms with van der Waals surface area (Å²) in [5, 5.41) is 10.1. The first-order chi connectivity index (χ1) is 7.72. The predicted molar refractivity (Wildman–Crippen MR) is 66.6 cm³/mol. The molecule has 16 heavy (non-hydrogen) atoms. The van der Waals surface area contributed by atoms with E-state index in [-0.39, 0.29) is 0 Å². The quantitative estimate of drug-likeness (QED) is 0.802. The van der Waals surface area contributed by atoms with E-state index in [0.29, 0.717) is 18.2 Å². The first kappa shape index (κ1) is 11.5. The third-order valence-corrected chi connectivity index (χ3v) is 3.67. The normalized spacial score (nSPS) is 17.6. The van der Waals surface area contributed by atoms with Gasteiger partial charge in [0.2, 0.25) is 0 Å². The van der Waals surface area contributed by atoms with E-state index >= 15 is 0 Å². The molecule has 2 heteroatoms. The minimum absolute atomic E-state index is 0.490. The van der Waals surface area contributed by atoms with Crippen molar-refractivity contribution in [2.24, 2.45) is 5.73 Å². The summed E-state index contributed by atoms with van der Waals surface area (Å²) in [5.74, 6) is 1.03. The van der Waals surface area contributed by atoms with Gasteiger partial charge in [-0.15, -0.1) is 0 Å². The van der Waals surface area contributed by atoms with Crippen LogP contribution in [0.25, 0.3) is 0 Å². The molecule has 0 radical (unpaired) electrons. The Balaban J connectivity index is 2.33. The lowest BCUT2D eigenvalue weighted by atomic mass is 9.82. The average molecular weight is 219 g/mol. The summed E-state index contributed by atoms with van der Waals surface area (Å²) in [6.07, 6.45) is 6.33. The van der Waals surface area contributed by atoms with Crippen molar-refractivity contribution < 1.29 is 5.11 Å². The van der Waals surface area contributed by atoms with Crippen LogP contribution in [0.3, 0.4) is 0 Å². The highest BCUT2D eigenvalue weighted by atomic mass is 16.3. The number of phenols is 1. The van der Waals surface area contributed by atoms with Gasteiger partial charge in [-0.1, -0.05) is 31.4 Å². The zero-order valence-electron chi connectivity index (χ0n) is 10.00. The Morgan fingerprint density at radius 2 is 1.94 bits per heavy atom. The lowest BCUT2D eigenvalue weighted by molar-refractivity contribution is 0.412. The second-order valence-electron chi connectivity index (χ2n) is 4.89. The van der Waals surface area contributed by atoms with Gasteiger partial charge < -0.3 is 10.8 Å². The van der Waals surface area contributed by atoms with Crippen LogP contribution in [0.1, 0.15) is 54.7 Å². The van der Waals surface area contributed by atoms with Crippen LogP contribution in [0.5, 0.6) is 5.75 Å². The van der Waals surface area contributed by atoms with E-state index in [4.69, 9.17) is 5.73 Å². The van der Waals surface area contributed by atoms with Gasteiger partial charge in [0.15, 0.2) is 0 Å². The summed E-state index contributed by atoms with van der Waals surface area (Å²) in [4.78, 5) is 0. The molecule has 0 unspecified atom stereocenters. The fourth-order valence-electron chi connectivity index (χ4n) is 2.73. The Labute approximate surface area is 97.5 Å². The zero-order chi connectivity index (χ0) is 11.5. The van der Waals surface area contributed by atoms with E-state index in [9.17, 15) is 5.11 Å². The SMILES string of the molecule is Cc1cc(CN)cc(C2CCCCC2)c1O. The Kier molecular flexibility index (Phi) is 3.49. The monoisotopic (exact) mass is 219 g/mol. The van der Waals surface area contributed by atoms with Crippen LogP contribution in [0, 0.1) is 6.92 Å². The van der Waals surface area contributed by atoms with Crippen LogP contribution in [0.2, 0.25) is 0 Å². The summed E-state index contributed by atoms with van der Waals surface area (Å²) in [6, 6.07) is 4.08. The van der Waals surface area contributed by atoms with Crippen molar-refractivity contribution in [2.75, 3.05) is 0 Å². The minimum atomic E-state index is 0.490. The fraction of sp³-hybridized carbons (Fsp3) is 0.571. The molecular formula is C14H21NO. The van der Waals surface area contributed by atoms with Crippen molar-refractivity contribution in [3.63, 3.8) is 0 Å². The van der Waals surface area contributed by atoms with Crippen molar-refractivity contribution in [2.45, 2.75) is 51.5 Å². The summed E-state index contributed by atoms with van der Waals surface area (Å²) < 4.78 is 0. The van der Waals surface area contributed by atoms with Crippen LogP contribution in [0.15, 0.2) is 12.1 Å². The smallest absolute Gasteiger partial charge is 0.121 e. The molecule has 1 aliphatic carbocycles. The van der Waals surface area contributed by atoms with Gasteiger partial charge in [-0.2, -0.15) is 0 Å². The molecule has 0 aliphatic heterocycles. The summed E-state index contributed by atoms with van der Waals surface area (Å²) in [6.45, 7) is 2.52. The fourth-order valence-corrected chi connectivity index (χ4v) is 2.73. The Bertz CT molecular complexity index is 367. The molecule has 1 aromatic carbocycles. The van der Waals surface area contributed by atoms with Crippen LogP contribution < -0.4 is 5.73 Å². The maximum absolute atomic E-state index is 10.1. The van der Waals surface area contributed by atoms with E-state index in [1.165, 1.54) is 32.1 Å². The van der Waals surface area contributed by atoms with Crippen LogP contribution in [-0.4, -0.2) is 5.11 Å². The molecule has 0 atom stereocenters. The molecule has 88 valence electrons. The van der Waals surface area contributed by atoms with Crippen molar-refractivity contribution in [1.29, 1.82) is 0 Å². The molecule has 1 fully saturated rings.